The van der Waals surface area contributed by atoms with Gasteiger partial charge in [-0.1, -0.05) is 66.7 Å². The average Bonchev–Trinajstić information content (AvgIpc) is 3.87. The second-order valence-electron chi connectivity index (χ2n) is 11.4. The minimum Gasteiger partial charge on any atom is -0.468 e. The third-order valence-electron chi connectivity index (χ3n) is 8.46. The normalized spacial score (nSPS) is 18.7. The number of ether oxygens (including phenoxy) is 1. The zero-order chi connectivity index (χ0) is 31.6. The molecule has 2 aromatic carbocycles. The van der Waals surface area contributed by atoms with Gasteiger partial charge in [-0.15, -0.1) is 0 Å². The van der Waals surface area contributed by atoms with Crippen LogP contribution in [-0.2, 0) is 28.8 Å². The number of benzene rings is 2. The van der Waals surface area contributed by atoms with Crippen molar-refractivity contribution in [3.8, 4) is 0 Å². The van der Waals surface area contributed by atoms with Gasteiger partial charge >= 0.3 is 5.97 Å². The molecule has 3 N–H and O–H groups in total. The van der Waals surface area contributed by atoms with Gasteiger partial charge in [-0.2, -0.15) is 0 Å². The summed E-state index contributed by atoms with van der Waals surface area (Å²) in [5.41, 5.74) is 2.53. The Kier molecular flexibility index (Phi) is 10.9. The number of likely N-dealkylation sites (tertiary alicyclic amines) is 1. The van der Waals surface area contributed by atoms with E-state index in [4.69, 9.17) is 4.74 Å². The highest BCUT2D eigenvalue weighted by molar-refractivity contribution is 8.01. The smallest absolute Gasteiger partial charge is 0.319 e. The molecule has 11 heteroatoms. The number of imidazole rings is 1. The number of hydrogen-bond donors (Lipinski definition) is 3. The van der Waals surface area contributed by atoms with Crippen molar-refractivity contribution in [2.24, 2.45) is 0 Å². The lowest BCUT2D eigenvalue weighted by Gasteiger charge is -2.35. The van der Waals surface area contributed by atoms with Crippen LogP contribution in [-0.4, -0.2) is 79.8 Å². The summed E-state index contributed by atoms with van der Waals surface area (Å²) in [5, 5.41) is 2.93. The van der Waals surface area contributed by atoms with Crippen molar-refractivity contribution in [2.75, 3.05) is 26.0 Å². The Labute approximate surface area is 264 Å². The quantitative estimate of drug-likeness (QED) is 0.207. The molecule has 3 atom stereocenters. The van der Waals surface area contributed by atoms with Gasteiger partial charge in [0.05, 0.1) is 25.3 Å². The molecule has 1 saturated heterocycles. The third kappa shape index (κ3) is 7.90. The first-order valence-corrected chi connectivity index (χ1v) is 17.2. The van der Waals surface area contributed by atoms with Crippen molar-refractivity contribution in [1.29, 1.82) is 0 Å². The van der Waals surface area contributed by atoms with E-state index in [9.17, 15) is 18.6 Å². The third-order valence-corrected chi connectivity index (χ3v) is 11.1. The van der Waals surface area contributed by atoms with E-state index in [0.717, 1.165) is 34.5 Å². The largest absolute Gasteiger partial charge is 0.468 e. The van der Waals surface area contributed by atoms with Crippen LogP contribution in [0.2, 0.25) is 0 Å². The number of carbonyl (C=O) groups is 3. The Morgan fingerprint density at radius 3 is 2.31 bits per heavy atom. The molecule has 1 aliphatic heterocycles. The van der Waals surface area contributed by atoms with Crippen molar-refractivity contribution >= 4 is 38.4 Å². The van der Waals surface area contributed by atoms with Crippen molar-refractivity contribution in [2.45, 2.75) is 56.5 Å². The second kappa shape index (κ2) is 15.2. The highest BCUT2D eigenvalue weighted by Crippen LogP contribution is 2.32. The van der Waals surface area contributed by atoms with E-state index in [1.54, 1.807) is 17.4 Å². The molecule has 2 heterocycles. The van der Waals surface area contributed by atoms with Crippen LogP contribution in [0.25, 0.3) is 6.08 Å². The molecule has 1 aromatic heterocycles. The number of nitrogens with zero attached hydrogens (tertiary/aromatic N) is 2. The average molecular weight is 632 g/mol. The molecule has 2 amide bonds. The van der Waals surface area contributed by atoms with E-state index in [-0.39, 0.29) is 17.6 Å². The van der Waals surface area contributed by atoms with E-state index in [0.29, 0.717) is 38.8 Å². The van der Waals surface area contributed by atoms with Gasteiger partial charge in [0, 0.05) is 28.7 Å². The molecule has 0 radical (unpaired) electrons. The number of nitrogens with one attached hydrogen (secondary N) is 3. The maximum absolute atomic E-state index is 14.8. The minimum absolute atomic E-state index is 0.245. The number of rotatable bonds is 12. The summed E-state index contributed by atoms with van der Waals surface area (Å²) < 4.78 is 23.1. The van der Waals surface area contributed by atoms with Crippen LogP contribution in [0.3, 0.4) is 0 Å². The monoisotopic (exact) mass is 631 g/mol. The number of esters is 1. The van der Waals surface area contributed by atoms with E-state index in [2.05, 4.69) is 20.0 Å². The summed E-state index contributed by atoms with van der Waals surface area (Å²) in [5.74, 6) is -2.07. The number of aromatic amines is 1. The molecule has 0 spiro atoms. The fraction of sp³-hybridized carbons (Fsp3) is 0.382. The van der Waals surface area contributed by atoms with Gasteiger partial charge in [-0.05, 0) is 60.6 Å². The summed E-state index contributed by atoms with van der Waals surface area (Å²) in [6, 6.07) is 17.6. The van der Waals surface area contributed by atoms with Crippen molar-refractivity contribution in [1.82, 2.24) is 24.9 Å². The maximum Gasteiger partial charge on any atom is 0.319 e. The summed E-state index contributed by atoms with van der Waals surface area (Å²) in [7, 11) is -1.89. The SMILES string of the molecule is COC(=O)CS(=O)(N[C@@H](C(=O)N1CCCC1C(=O)NC/C=C/c1cnc[nH]1)C(c1ccccc1)c1ccccc1)=C1CCCC1. The lowest BCUT2D eigenvalue weighted by atomic mass is 9.84. The van der Waals surface area contributed by atoms with Gasteiger partial charge in [0.25, 0.3) is 0 Å². The number of aromatic nitrogens is 2. The molecular formula is C34H41N5O5S. The van der Waals surface area contributed by atoms with E-state index in [1.165, 1.54) is 7.11 Å². The topological polar surface area (TPSA) is 133 Å². The Morgan fingerprint density at radius 1 is 1.04 bits per heavy atom. The molecule has 3 aromatic rings. The Morgan fingerprint density at radius 2 is 1.71 bits per heavy atom. The summed E-state index contributed by atoms with van der Waals surface area (Å²) in [6.45, 7) is 0.685. The van der Waals surface area contributed by atoms with Crippen molar-refractivity contribution in [3.63, 3.8) is 0 Å². The predicted molar refractivity (Wildman–Crippen MR) is 176 cm³/mol. The van der Waals surface area contributed by atoms with Crippen LogP contribution in [0.15, 0.2) is 79.3 Å². The molecule has 5 rings (SSSR count). The van der Waals surface area contributed by atoms with Gasteiger partial charge in [0.15, 0.2) is 0 Å². The van der Waals surface area contributed by atoms with Crippen LogP contribution in [0.5, 0.6) is 0 Å². The van der Waals surface area contributed by atoms with Gasteiger partial charge < -0.3 is 19.9 Å². The highest BCUT2D eigenvalue weighted by Gasteiger charge is 2.42. The first-order chi connectivity index (χ1) is 21.9. The van der Waals surface area contributed by atoms with E-state index < -0.39 is 33.7 Å². The second-order valence-corrected chi connectivity index (χ2v) is 13.8. The van der Waals surface area contributed by atoms with Gasteiger partial charge in [0.2, 0.25) is 11.8 Å². The molecule has 2 unspecified atom stereocenters. The molecule has 2 fully saturated rings. The minimum atomic E-state index is -3.16. The fourth-order valence-corrected chi connectivity index (χ4v) is 8.72. The van der Waals surface area contributed by atoms with Gasteiger partial charge in [0.1, 0.15) is 17.8 Å². The Bertz CT molecular complexity index is 1550. The molecular weight excluding hydrogens is 590 g/mol. The highest BCUT2D eigenvalue weighted by atomic mass is 32.2. The number of amides is 2. The Balaban J connectivity index is 1.51. The first-order valence-electron chi connectivity index (χ1n) is 15.4. The van der Waals surface area contributed by atoms with Crippen molar-refractivity contribution in [3.05, 3.63) is 96.1 Å². The zero-order valence-corrected chi connectivity index (χ0v) is 26.3. The van der Waals surface area contributed by atoms with Crippen LogP contribution in [0.1, 0.15) is 61.3 Å². The standard InChI is InChI=1S/C34H41N5O5S/c1-44-30(40)23-45(43,28-17-8-9-18-28)38-32(31(25-12-4-2-5-13-25)26-14-6-3-7-15-26)34(42)39-21-11-19-29(39)33(41)36-20-10-16-27-22-35-24-37-27/h2-7,10,12-16,22,24,29,31-32H,8-9,11,17-21,23H2,1H3,(H,35,37)(H,36,41)(H,38,43)/b16-10+/t29?,32-,45?/m1/s1. The summed E-state index contributed by atoms with van der Waals surface area (Å²) in [6.07, 6.45) is 11.1. The van der Waals surface area contributed by atoms with Crippen LogP contribution in [0, 0.1) is 0 Å². The predicted octanol–water partition coefficient (Wildman–Crippen LogP) is 3.44. The number of carbonyl (C=O) groups excluding carboxylic acids is 3. The zero-order valence-electron chi connectivity index (χ0n) is 25.5. The number of methoxy groups -OCH3 is 1. The molecule has 1 aliphatic carbocycles. The van der Waals surface area contributed by atoms with Crippen LogP contribution < -0.4 is 10.0 Å². The molecule has 10 nitrogen and oxygen atoms in total. The molecule has 2 aliphatic rings. The summed E-state index contributed by atoms with van der Waals surface area (Å²) in [4.78, 5) is 50.2. The molecule has 0 bridgehead atoms. The maximum atomic E-state index is 14.8. The fourth-order valence-electron chi connectivity index (χ4n) is 6.22. The summed E-state index contributed by atoms with van der Waals surface area (Å²) >= 11 is 0. The molecule has 1 saturated carbocycles. The number of hydrogen-bond acceptors (Lipinski definition) is 6. The van der Waals surface area contributed by atoms with E-state index >= 15 is 0 Å². The van der Waals surface area contributed by atoms with Crippen LogP contribution in [0.4, 0.5) is 0 Å². The lowest BCUT2D eigenvalue weighted by molar-refractivity contribution is -0.140. The number of H-pyrrole nitrogens is 1. The van der Waals surface area contributed by atoms with Crippen LogP contribution >= 0.6 is 0 Å². The molecule has 45 heavy (non-hydrogen) atoms. The van der Waals surface area contributed by atoms with Crippen molar-refractivity contribution < 1.29 is 23.3 Å². The first kappa shape index (κ1) is 32.2. The molecule has 238 valence electrons. The van der Waals surface area contributed by atoms with Gasteiger partial charge in [-0.25, -0.2) is 9.71 Å². The Hall–Kier alpha value is -4.22. The van der Waals surface area contributed by atoms with Gasteiger partial charge in [-0.3, -0.25) is 18.6 Å². The lowest BCUT2D eigenvalue weighted by Crippen LogP contribution is -2.56. The van der Waals surface area contributed by atoms with E-state index in [1.807, 2.05) is 72.8 Å².